The first-order valence-corrected chi connectivity index (χ1v) is 7.92. The monoisotopic (exact) mass is 311 g/mol. The average molecular weight is 311 g/mol. The highest BCUT2D eigenvalue weighted by atomic mass is 32.2. The van der Waals surface area contributed by atoms with Gasteiger partial charge >= 0.3 is 5.97 Å². The van der Waals surface area contributed by atoms with Crippen molar-refractivity contribution in [3.8, 4) is 0 Å². The number of carbonyl (C=O) groups is 2. The van der Waals surface area contributed by atoms with E-state index in [2.05, 4.69) is 11.9 Å². The zero-order valence-corrected chi connectivity index (χ0v) is 12.4. The molecular formula is C14H17NO5S. The number of hydrogen-bond donors (Lipinski definition) is 2. The van der Waals surface area contributed by atoms with Crippen LogP contribution < -0.4 is 5.32 Å². The fourth-order valence-electron chi connectivity index (χ4n) is 1.57. The van der Waals surface area contributed by atoms with E-state index in [1.54, 1.807) is 12.1 Å². The highest BCUT2D eigenvalue weighted by Crippen LogP contribution is 2.06. The summed E-state index contributed by atoms with van der Waals surface area (Å²) in [6.45, 7) is 4.80. The highest BCUT2D eigenvalue weighted by Gasteiger charge is 2.26. The molecule has 21 heavy (non-hydrogen) atoms. The van der Waals surface area contributed by atoms with E-state index in [4.69, 9.17) is 5.11 Å². The van der Waals surface area contributed by atoms with Crippen LogP contribution in [0.2, 0.25) is 0 Å². The third-order valence-corrected chi connectivity index (χ3v) is 4.92. The lowest BCUT2D eigenvalue weighted by Crippen LogP contribution is -2.38. The zero-order chi connectivity index (χ0) is 16.0. The Balaban J connectivity index is 2.64. The van der Waals surface area contributed by atoms with Crippen molar-refractivity contribution in [1.82, 2.24) is 5.32 Å². The van der Waals surface area contributed by atoms with Crippen LogP contribution in [-0.4, -0.2) is 36.4 Å². The van der Waals surface area contributed by atoms with Crippen molar-refractivity contribution in [2.75, 3.05) is 5.75 Å². The van der Waals surface area contributed by atoms with Gasteiger partial charge in [0.1, 0.15) is 5.25 Å². The molecule has 2 N–H and O–H groups in total. The van der Waals surface area contributed by atoms with E-state index >= 15 is 0 Å². The molecular weight excluding hydrogens is 294 g/mol. The Morgan fingerprint density at radius 3 is 2.38 bits per heavy atom. The minimum Gasteiger partial charge on any atom is -0.478 e. The largest absolute Gasteiger partial charge is 0.478 e. The molecule has 0 fully saturated rings. The van der Waals surface area contributed by atoms with Crippen molar-refractivity contribution in [1.29, 1.82) is 0 Å². The van der Waals surface area contributed by atoms with Gasteiger partial charge in [-0.25, -0.2) is 13.2 Å². The van der Waals surface area contributed by atoms with E-state index in [1.807, 2.05) is 0 Å². The van der Waals surface area contributed by atoms with Crippen LogP contribution in [0.25, 0.3) is 0 Å². The van der Waals surface area contributed by atoms with Crippen molar-refractivity contribution in [2.24, 2.45) is 0 Å². The van der Waals surface area contributed by atoms with Crippen molar-refractivity contribution < 1.29 is 23.1 Å². The number of carbonyl (C=O) groups excluding carboxylic acids is 1. The molecule has 1 rings (SSSR count). The van der Waals surface area contributed by atoms with Crippen LogP contribution in [0.15, 0.2) is 36.9 Å². The van der Waals surface area contributed by atoms with Crippen molar-refractivity contribution in [3.05, 3.63) is 48.0 Å². The van der Waals surface area contributed by atoms with Gasteiger partial charge in [0.15, 0.2) is 9.84 Å². The number of carboxylic acid groups (broad SMARTS) is 1. The molecule has 6 nitrogen and oxygen atoms in total. The molecule has 1 amide bonds. The van der Waals surface area contributed by atoms with Gasteiger partial charge in [0.2, 0.25) is 5.91 Å². The topological polar surface area (TPSA) is 101 Å². The SMILES string of the molecule is C=CCS(=O)(=O)C(C)C(=O)NCc1ccc(C(=O)O)cc1. The average Bonchev–Trinajstić information content (AvgIpc) is 2.44. The summed E-state index contributed by atoms with van der Waals surface area (Å²) in [6, 6.07) is 5.96. The molecule has 0 spiro atoms. The quantitative estimate of drug-likeness (QED) is 0.731. The summed E-state index contributed by atoms with van der Waals surface area (Å²) in [5, 5.41) is 10.1. The van der Waals surface area contributed by atoms with Crippen molar-refractivity contribution in [2.45, 2.75) is 18.7 Å². The Hall–Kier alpha value is -2.15. The van der Waals surface area contributed by atoms with Crippen LogP contribution in [0, 0.1) is 0 Å². The first-order chi connectivity index (χ1) is 9.77. The molecule has 0 aliphatic carbocycles. The first kappa shape index (κ1) is 16.9. The van der Waals surface area contributed by atoms with Crippen LogP contribution in [0.3, 0.4) is 0 Å². The fourth-order valence-corrected chi connectivity index (χ4v) is 2.60. The number of nitrogens with one attached hydrogen (secondary N) is 1. The Bertz CT molecular complexity index is 634. The maximum absolute atomic E-state index is 11.8. The van der Waals surface area contributed by atoms with Gasteiger partial charge in [0.05, 0.1) is 11.3 Å². The van der Waals surface area contributed by atoms with Gasteiger partial charge in [-0.05, 0) is 24.6 Å². The number of hydrogen-bond acceptors (Lipinski definition) is 4. The molecule has 1 unspecified atom stereocenters. The Kier molecular flexibility index (Phi) is 5.66. The molecule has 1 aromatic rings. The molecule has 1 atom stereocenters. The predicted octanol–water partition coefficient (Wildman–Crippen LogP) is 0.990. The minimum absolute atomic E-state index is 0.132. The summed E-state index contributed by atoms with van der Waals surface area (Å²) in [7, 11) is -3.54. The summed E-state index contributed by atoms with van der Waals surface area (Å²) in [5.41, 5.74) is 0.827. The Morgan fingerprint density at radius 2 is 1.90 bits per heavy atom. The summed E-state index contributed by atoms with van der Waals surface area (Å²) in [4.78, 5) is 22.5. The second-order valence-corrected chi connectivity index (χ2v) is 6.85. The predicted molar refractivity (Wildman–Crippen MR) is 78.7 cm³/mol. The normalized spacial score (nSPS) is 12.4. The van der Waals surface area contributed by atoms with Crippen molar-refractivity contribution >= 4 is 21.7 Å². The van der Waals surface area contributed by atoms with Gasteiger partial charge in [-0.1, -0.05) is 18.2 Å². The van der Waals surface area contributed by atoms with E-state index < -0.39 is 27.0 Å². The molecule has 0 aliphatic heterocycles. The number of rotatable bonds is 7. The molecule has 7 heteroatoms. The van der Waals surface area contributed by atoms with Gasteiger partial charge in [0.25, 0.3) is 0 Å². The maximum Gasteiger partial charge on any atom is 0.335 e. The smallest absolute Gasteiger partial charge is 0.335 e. The first-order valence-electron chi connectivity index (χ1n) is 6.20. The highest BCUT2D eigenvalue weighted by molar-refractivity contribution is 7.92. The lowest BCUT2D eigenvalue weighted by molar-refractivity contribution is -0.120. The summed E-state index contributed by atoms with van der Waals surface area (Å²) in [5.74, 6) is -1.89. The van der Waals surface area contributed by atoms with Crippen LogP contribution >= 0.6 is 0 Å². The molecule has 1 aromatic carbocycles. The lowest BCUT2D eigenvalue weighted by atomic mass is 10.1. The van der Waals surface area contributed by atoms with E-state index in [0.29, 0.717) is 5.56 Å². The summed E-state index contributed by atoms with van der Waals surface area (Å²) in [6.07, 6.45) is 1.24. The number of amides is 1. The van der Waals surface area contributed by atoms with E-state index in [1.165, 1.54) is 25.1 Å². The molecule has 0 saturated heterocycles. The zero-order valence-electron chi connectivity index (χ0n) is 11.6. The third-order valence-electron chi connectivity index (χ3n) is 2.93. The summed E-state index contributed by atoms with van der Waals surface area (Å²) < 4.78 is 23.4. The summed E-state index contributed by atoms with van der Waals surface area (Å²) >= 11 is 0. The second-order valence-electron chi connectivity index (χ2n) is 4.48. The molecule has 0 aromatic heterocycles. The molecule has 0 saturated carbocycles. The Labute approximate surface area is 123 Å². The number of sulfone groups is 1. The standard InChI is InChI=1S/C14H17NO5S/c1-3-8-21(19,20)10(2)13(16)15-9-11-4-6-12(7-5-11)14(17)18/h3-7,10H,1,8-9H2,2H3,(H,15,16)(H,17,18). The fraction of sp³-hybridized carbons (Fsp3) is 0.286. The van der Waals surface area contributed by atoms with Gasteiger partial charge in [-0.3, -0.25) is 4.79 Å². The van der Waals surface area contributed by atoms with E-state index in [-0.39, 0.29) is 17.9 Å². The number of aromatic carboxylic acids is 1. The van der Waals surface area contributed by atoms with Crippen LogP contribution in [0.4, 0.5) is 0 Å². The van der Waals surface area contributed by atoms with E-state index in [0.717, 1.165) is 0 Å². The number of carboxylic acids is 1. The maximum atomic E-state index is 11.8. The van der Waals surface area contributed by atoms with Gasteiger partial charge in [-0.15, -0.1) is 6.58 Å². The molecule has 0 radical (unpaired) electrons. The van der Waals surface area contributed by atoms with Crippen LogP contribution in [0.1, 0.15) is 22.8 Å². The molecule has 0 aliphatic rings. The second kappa shape index (κ2) is 7.03. The van der Waals surface area contributed by atoms with E-state index in [9.17, 15) is 18.0 Å². The third kappa shape index (κ3) is 4.71. The van der Waals surface area contributed by atoms with Crippen LogP contribution in [-0.2, 0) is 21.2 Å². The lowest BCUT2D eigenvalue weighted by Gasteiger charge is -2.12. The van der Waals surface area contributed by atoms with Crippen LogP contribution in [0.5, 0.6) is 0 Å². The Morgan fingerprint density at radius 1 is 1.33 bits per heavy atom. The van der Waals surface area contributed by atoms with Gasteiger partial charge < -0.3 is 10.4 Å². The molecule has 0 heterocycles. The minimum atomic E-state index is -3.54. The van der Waals surface area contributed by atoms with Gasteiger partial charge in [0, 0.05) is 6.54 Å². The number of benzene rings is 1. The molecule has 114 valence electrons. The van der Waals surface area contributed by atoms with Gasteiger partial charge in [-0.2, -0.15) is 0 Å². The molecule has 0 bridgehead atoms. The van der Waals surface area contributed by atoms with Crippen molar-refractivity contribution in [3.63, 3.8) is 0 Å².